The molecule has 4 heteroatoms. The average molecular weight is 250 g/mol. The number of hydrogen-bond acceptors (Lipinski definition) is 4. The van der Waals surface area contributed by atoms with Crippen LogP contribution < -0.4 is 5.73 Å². The van der Waals surface area contributed by atoms with Crippen LogP contribution in [0.2, 0.25) is 0 Å². The molecule has 2 atom stereocenters. The quantitative estimate of drug-likeness (QED) is 0.871. The van der Waals surface area contributed by atoms with Crippen molar-refractivity contribution in [1.29, 1.82) is 0 Å². The van der Waals surface area contributed by atoms with Crippen LogP contribution in [0.1, 0.15) is 17.2 Å². The molecule has 0 aliphatic carbocycles. The first-order valence-corrected chi connectivity index (χ1v) is 6.36. The van der Waals surface area contributed by atoms with Gasteiger partial charge in [-0.15, -0.1) is 0 Å². The largest absolute Gasteiger partial charge is 0.380 e. The van der Waals surface area contributed by atoms with Gasteiger partial charge in [0.2, 0.25) is 0 Å². The molecule has 2 rings (SSSR count). The zero-order valence-electron chi connectivity index (χ0n) is 11.1. The monoisotopic (exact) mass is 250 g/mol. The molecule has 1 aliphatic rings. The van der Waals surface area contributed by atoms with E-state index in [1.54, 1.807) is 7.11 Å². The van der Waals surface area contributed by atoms with Crippen LogP contribution in [0.15, 0.2) is 24.3 Å². The second-order valence-corrected chi connectivity index (χ2v) is 4.70. The number of morpholine rings is 1. The van der Waals surface area contributed by atoms with Crippen molar-refractivity contribution in [3.8, 4) is 0 Å². The Morgan fingerprint density at radius 1 is 1.44 bits per heavy atom. The maximum atomic E-state index is 5.83. The minimum absolute atomic E-state index is 0.0572. The third kappa shape index (κ3) is 2.72. The second kappa shape index (κ2) is 6.29. The highest BCUT2D eigenvalue weighted by Gasteiger charge is 2.31. The summed E-state index contributed by atoms with van der Waals surface area (Å²) in [5, 5.41) is 0. The van der Waals surface area contributed by atoms with Gasteiger partial charge in [-0.2, -0.15) is 0 Å². The SMILES string of the molecule is COCc1ccccc1C1C(CN)OCCN1C. The molecular formula is C14H22N2O2. The van der Waals surface area contributed by atoms with E-state index in [4.69, 9.17) is 15.2 Å². The summed E-state index contributed by atoms with van der Waals surface area (Å²) in [6.07, 6.45) is 0.0572. The molecule has 2 unspecified atom stereocenters. The molecule has 0 amide bonds. The van der Waals surface area contributed by atoms with Crippen molar-refractivity contribution in [2.75, 3.05) is 33.9 Å². The van der Waals surface area contributed by atoms with Crippen LogP contribution in [-0.4, -0.2) is 44.9 Å². The van der Waals surface area contributed by atoms with Gasteiger partial charge in [-0.05, 0) is 18.2 Å². The third-order valence-electron chi connectivity index (χ3n) is 3.51. The van der Waals surface area contributed by atoms with Gasteiger partial charge < -0.3 is 15.2 Å². The molecule has 1 aromatic carbocycles. The van der Waals surface area contributed by atoms with Crippen LogP contribution in [-0.2, 0) is 16.1 Å². The molecule has 0 spiro atoms. The number of hydrogen-bond donors (Lipinski definition) is 1. The van der Waals surface area contributed by atoms with Crippen LogP contribution >= 0.6 is 0 Å². The number of benzene rings is 1. The minimum Gasteiger partial charge on any atom is -0.380 e. The van der Waals surface area contributed by atoms with E-state index < -0.39 is 0 Å². The van der Waals surface area contributed by atoms with E-state index in [2.05, 4.69) is 30.1 Å². The molecule has 2 N–H and O–H groups in total. The number of nitrogens with zero attached hydrogens (tertiary/aromatic N) is 1. The first-order valence-electron chi connectivity index (χ1n) is 6.36. The number of nitrogens with two attached hydrogens (primary N) is 1. The molecule has 1 aliphatic heterocycles. The Hall–Kier alpha value is -0.940. The molecule has 100 valence electrons. The Labute approximate surface area is 109 Å². The van der Waals surface area contributed by atoms with E-state index in [0.717, 1.165) is 13.2 Å². The van der Waals surface area contributed by atoms with E-state index >= 15 is 0 Å². The van der Waals surface area contributed by atoms with Crippen LogP contribution in [0.25, 0.3) is 0 Å². The maximum absolute atomic E-state index is 5.83. The molecule has 0 saturated carbocycles. The van der Waals surface area contributed by atoms with Gasteiger partial charge in [-0.25, -0.2) is 0 Å². The van der Waals surface area contributed by atoms with Gasteiger partial charge in [0.25, 0.3) is 0 Å². The molecule has 1 heterocycles. The lowest BCUT2D eigenvalue weighted by Crippen LogP contribution is -2.46. The van der Waals surface area contributed by atoms with Crippen molar-refractivity contribution in [1.82, 2.24) is 4.90 Å². The van der Waals surface area contributed by atoms with Crippen molar-refractivity contribution in [3.05, 3.63) is 35.4 Å². The minimum atomic E-state index is 0.0572. The molecule has 0 radical (unpaired) electrons. The summed E-state index contributed by atoms with van der Waals surface area (Å²) in [6, 6.07) is 8.57. The van der Waals surface area contributed by atoms with Crippen molar-refractivity contribution in [3.63, 3.8) is 0 Å². The summed E-state index contributed by atoms with van der Waals surface area (Å²) in [7, 11) is 3.84. The average Bonchev–Trinajstić information content (AvgIpc) is 2.40. The molecule has 1 saturated heterocycles. The Morgan fingerprint density at radius 2 is 2.22 bits per heavy atom. The summed E-state index contributed by atoms with van der Waals surface area (Å²) in [4.78, 5) is 2.32. The normalized spacial score (nSPS) is 25.3. The molecule has 1 fully saturated rings. The van der Waals surface area contributed by atoms with Gasteiger partial charge in [0.1, 0.15) is 0 Å². The first-order chi connectivity index (χ1) is 8.77. The Morgan fingerprint density at radius 3 is 2.94 bits per heavy atom. The van der Waals surface area contributed by atoms with E-state index in [0.29, 0.717) is 13.2 Å². The van der Waals surface area contributed by atoms with Gasteiger partial charge >= 0.3 is 0 Å². The van der Waals surface area contributed by atoms with E-state index in [9.17, 15) is 0 Å². The lowest BCUT2D eigenvalue weighted by Gasteiger charge is -2.39. The lowest BCUT2D eigenvalue weighted by atomic mass is 9.94. The van der Waals surface area contributed by atoms with Gasteiger partial charge in [-0.3, -0.25) is 4.90 Å². The number of methoxy groups -OCH3 is 1. The van der Waals surface area contributed by atoms with Crippen LogP contribution in [0.4, 0.5) is 0 Å². The van der Waals surface area contributed by atoms with E-state index in [1.165, 1.54) is 11.1 Å². The Balaban J connectivity index is 2.32. The zero-order valence-corrected chi connectivity index (χ0v) is 11.1. The standard InChI is InChI=1S/C14H22N2O2/c1-16-7-8-18-13(9-15)14(16)12-6-4-3-5-11(12)10-17-2/h3-6,13-14H,7-10,15H2,1-2H3. The fourth-order valence-electron chi connectivity index (χ4n) is 2.61. The van der Waals surface area contributed by atoms with Crippen LogP contribution in [0.5, 0.6) is 0 Å². The maximum Gasteiger partial charge on any atom is 0.0894 e. The van der Waals surface area contributed by atoms with Crippen molar-refractivity contribution in [2.45, 2.75) is 18.8 Å². The fraction of sp³-hybridized carbons (Fsp3) is 0.571. The third-order valence-corrected chi connectivity index (χ3v) is 3.51. The second-order valence-electron chi connectivity index (χ2n) is 4.70. The predicted molar refractivity (Wildman–Crippen MR) is 71.3 cm³/mol. The predicted octanol–water partition coefficient (Wildman–Crippen LogP) is 1.16. The van der Waals surface area contributed by atoms with Gasteiger partial charge in [-0.1, -0.05) is 24.3 Å². The fourth-order valence-corrected chi connectivity index (χ4v) is 2.61. The van der Waals surface area contributed by atoms with Gasteiger partial charge in [0, 0.05) is 20.2 Å². The summed E-state index contributed by atoms with van der Waals surface area (Å²) < 4.78 is 11.1. The summed E-state index contributed by atoms with van der Waals surface area (Å²) in [6.45, 7) is 2.85. The number of rotatable bonds is 4. The topological polar surface area (TPSA) is 47.7 Å². The van der Waals surface area contributed by atoms with Crippen molar-refractivity contribution >= 4 is 0 Å². The first kappa shape index (κ1) is 13.5. The highest BCUT2D eigenvalue weighted by atomic mass is 16.5. The van der Waals surface area contributed by atoms with Crippen molar-refractivity contribution in [2.24, 2.45) is 5.73 Å². The van der Waals surface area contributed by atoms with Crippen molar-refractivity contribution < 1.29 is 9.47 Å². The molecule has 0 bridgehead atoms. The van der Waals surface area contributed by atoms with E-state index in [1.807, 2.05) is 6.07 Å². The lowest BCUT2D eigenvalue weighted by molar-refractivity contribution is -0.0582. The van der Waals surface area contributed by atoms with Gasteiger partial charge in [0.15, 0.2) is 0 Å². The zero-order chi connectivity index (χ0) is 13.0. The molecule has 0 aromatic heterocycles. The van der Waals surface area contributed by atoms with Gasteiger partial charge in [0.05, 0.1) is 25.4 Å². The summed E-state index contributed by atoms with van der Waals surface area (Å²) >= 11 is 0. The Kier molecular flexibility index (Phi) is 4.72. The summed E-state index contributed by atoms with van der Waals surface area (Å²) in [5.74, 6) is 0. The highest BCUT2D eigenvalue weighted by molar-refractivity contribution is 5.31. The Bertz CT molecular complexity index is 384. The molecule has 4 nitrogen and oxygen atoms in total. The molecular weight excluding hydrogens is 228 g/mol. The molecule has 18 heavy (non-hydrogen) atoms. The van der Waals surface area contributed by atoms with E-state index in [-0.39, 0.29) is 12.1 Å². The van der Waals surface area contributed by atoms with Crippen LogP contribution in [0.3, 0.4) is 0 Å². The molecule has 1 aromatic rings. The summed E-state index contributed by atoms with van der Waals surface area (Å²) in [5.41, 5.74) is 8.30. The number of likely N-dealkylation sites (N-methyl/N-ethyl adjacent to an activating group) is 1. The van der Waals surface area contributed by atoms with Crippen LogP contribution in [0, 0.1) is 0 Å². The number of ether oxygens (including phenoxy) is 2. The highest BCUT2D eigenvalue weighted by Crippen LogP contribution is 2.30. The smallest absolute Gasteiger partial charge is 0.0894 e.